The van der Waals surface area contributed by atoms with Crippen LogP contribution in [0, 0.1) is 5.92 Å². The van der Waals surface area contributed by atoms with E-state index in [1.165, 1.54) is 6.20 Å². The van der Waals surface area contributed by atoms with E-state index in [0.717, 1.165) is 27.8 Å². The summed E-state index contributed by atoms with van der Waals surface area (Å²) in [6.45, 7) is 4.63. The predicted molar refractivity (Wildman–Crippen MR) is 180 cm³/mol. The Hall–Kier alpha value is -4.51. The Bertz CT molecular complexity index is 1800. The largest absolute Gasteiger partial charge is 0.392 e. The number of nitrogens with one attached hydrogen (secondary N) is 1. The van der Waals surface area contributed by atoms with Crippen molar-refractivity contribution in [3.63, 3.8) is 0 Å². The molecule has 1 aromatic heterocycles. The number of carbonyl (C=O) groups is 1. The molecule has 1 saturated heterocycles. The zero-order valence-electron chi connectivity index (χ0n) is 26.7. The number of fused-ring (bicyclic) bond motifs is 1. The fourth-order valence-electron chi connectivity index (χ4n) is 5.97. The van der Waals surface area contributed by atoms with Gasteiger partial charge < -0.3 is 25.0 Å². The number of para-hydroxylation sites is 2. The molecule has 0 bridgehead atoms. The second-order valence-electron chi connectivity index (χ2n) is 12.2. The molecule has 0 spiro atoms. The molecule has 242 valence electrons. The van der Waals surface area contributed by atoms with Crippen LogP contribution in [-0.2, 0) is 16.1 Å². The molecule has 0 radical (unpaired) electrons. The Kier molecular flexibility index (Phi) is 10.0. The van der Waals surface area contributed by atoms with Gasteiger partial charge >= 0.3 is 0 Å². The average molecular weight is 633 g/mol. The van der Waals surface area contributed by atoms with Crippen LogP contribution >= 0.6 is 0 Å². The summed E-state index contributed by atoms with van der Waals surface area (Å²) >= 11 is 0. The number of hydrogen-bond acceptors (Lipinski definition) is 8. The van der Waals surface area contributed by atoms with Gasteiger partial charge in [-0.3, -0.25) is 14.7 Å². The standard InChI is InChI=1S/C38H40N4O5/c1-24-34(22-42(3)25(2)35(44)27-10-5-4-6-11-27)46-38(47-36(24)28-18-16-26(23-43)17-19-28)29-12-9-13-30(20-29)40-37(45)33-21-39-31-14-7-8-15-32(31)41-33/h4-21,24-25,34-36,38,43-44H,22-23H2,1-3H3,(H,40,45)/t24-,25+,34+,35+,36+,38+/m0/s1. The molecular formula is C38H40N4O5. The van der Waals surface area contributed by atoms with Crippen molar-refractivity contribution in [2.24, 2.45) is 5.92 Å². The number of rotatable bonds is 10. The minimum Gasteiger partial charge on any atom is -0.392 e. The zero-order chi connectivity index (χ0) is 32.9. The van der Waals surface area contributed by atoms with Crippen LogP contribution in [0.4, 0.5) is 5.69 Å². The van der Waals surface area contributed by atoms with Crippen molar-refractivity contribution in [3.05, 3.63) is 137 Å². The fourth-order valence-corrected chi connectivity index (χ4v) is 5.97. The second kappa shape index (κ2) is 14.5. The van der Waals surface area contributed by atoms with E-state index in [1.807, 2.05) is 117 Å². The number of ether oxygens (including phenoxy) is 2. The lowest BCUT2D eigenvalue weighted by Gasteiger charge is -2.43. The molecule has 47 heavy (non-hydrogen) atoms. The third kappa shape index (κ3) is 7.40. The van der Waals surface area contributed by atoms with Crippen LogP contribution in [0.15, 0.2) is 109 Å². The SMILES string of the molecule is C[C@H]1[C@@H](CN(C)[C@H](C)[C@@H](O)c2ccccc2)O[C@@H](c2cccc(NC(=O)c3cnc4ccccc4n3)c2)O[C@H]1c1ccc(CO)cc1. The van der Waals surface area contributed by atoms with Crippen molar-refractivity contribution < 1.29 is 24.5 Å². The highest BCUT2D eigenvalue weighted by Gasteiger charge is 2.39. The van der Waals surface area contributed by atoms with Crippen molar-refractivity contribution in [3.8, 4) is 0 Å². The Morgan fingerprint density at radius 1 is 0.915 bits per heavy atom. The van der Waals surface area contributed by atoms with Crippen molar-refractivity contribution in [2.75, 3.05) is 18.9 Å². The number of hydrogen-bond donors (Lipinski definition) is 3. The van der Waals surface area contributed by atoms with Gasteiger partial charge in [-0.15, -0.1) is 0 Å². The van der Waals surface area contributed by atoms with Gasteiger partial charge in [-0.05, 0) is 54.9 Å². The van der Waals surface area contributed by atoms with Crippen LogP contribution < -0.4 is 5.32 Å². The van der Waals surface area contributed by atoms with Gasteiger partial charge in [-0.1, -0.05) is 85.8 Å². The summed E-state index contributed by atoms with van der Waals surface area (Å²) in [7, 11) is 1.99. The number of carbonyl (C=O) groups excluding carboxylic acids is 1. The van der Waals surface area contributed by atoms with E-state index in [1.54, 1.807) is 0 Å². The summed E-state index contributed by atoms with van der Waals surface area (Å²) in [4.78, 5) is 24.1. The summed E-state index contributed by atoms with van der Waals surface area (Å²) in [5.41, 5.74) is 5.57. The molecule has 1 aliphatic heterocycles. The maximum Gasteiger partial charge on any atom is 0.275 e. The van der Waals surface area contributed by atoms with Crippen molar-refractivity contribution in [1.82, 2.24) is 14.9 Å². The lowest BCUT2D eigenvalue weighted by Crippen LogP contribution is -2.46. The molecule has 4 aromatic carbocycles. The van der Waals surface area contributed by atoms with Gasteiger partial charge in [0.15, 0.2) is 6.29 Å². The van der Waals surface area contributed by atoms with Crippen LogP contribution in [0.1, 0.15) is 65.1 Å². The lowest BCUT2D eigenvalue weighted by molar-refractivity contribution is -0.276. The first-order valence-electron chi connectivity index (χ1n) is 15.9. The third-order valence-electron chi connectivity index (χ3n) is 8.98. The quantitative estimate of drug-likeness (QED) is 0.166. The number of aliphatic hydroxyl groups excluding tert-OH is 2. The molecule has 9 nitrogen and oxygen atoms in total. The van der Waals surface area contributed by atoms with E-state index in [4.69, 9.17) is 9.47 Å². The van der Waals surface area contributed by atoms with Gasteiger partial charge in [0.25, 0.3) is 5.91 Å². The fraction of sp³-hybridized carbons (Fsp3) is 0.289. The Morgan fingerprint density at radius 2 is 1.64 bits per heavy atom. The second-order valence-corrected chi connectivity index (χ2v) is 12.2. The third-order valence-corrected chi connectivity index (χ3v) is 8.98. The molecule has 5 aromatic rings. The summed E-state index contributed by atoms with van der Waals surface area (Å²) < 4.78 is 13.3. The van der Waals surface area contributed by atoms with Crippen LogP contribution in [0.3, 0.4) is 0 Å². The number of benzene rings is 4. The number of likely N-dealkylation sites (N-methyl/N-ethyl adjacent to an activating group) is 1. The first-order valence-corrected chi connectivity index (χ1v) is 15.9. The van der Waals surface area contributed by atoms with Gasteiger partial charge in [0.2, 0.25) is 0 Å². The molecule has 1 aliphatic rings. The molecular weight excluding hydrogens is 592 g/mol. The van der Waals surface area contributed by atoms with Gasteiger partial charge in [0.1, 0.15) is 5.69 Å². The van der Waals surface area contributed by atoms with Crippen LogP contribution in [-0.4, -0.2) is 56.7 Å². The van der Waals surface area contributed by atoms with Crippen molar-refractivity contribution in [1.29, 1.82) is 0 Å². The van der Waals surface area contributed by atoms with Gasteiger partial charge in [0.05, 0.1) is 42.1 Å². The topological polar surface area (TPSA) is 117 Å². The van der Waals surface area contributed by atoms with E-state index in [2.05, 4.69) is 27.1 Å². The van der Waals surface area contributed by atoms with E-state index in [0.29, 0.717) is 17.7 Å². The first-order chi connectivity index (χ1) is 22.8. The maximum absolute atomic E-state index is 13.2. The number of anilines is 1. The summed E-state index contributed by atoms with van der Waals surface area (Å²) in [6, 6.07) is 32.1. The molecule has 6 rings (SSSR count). The van der Waals surface area contributed by atoms with E-state index in [9.17, 15) is 15.0 Å². The molecule has 9 heteroatoms. The van der Waals surface area contributed by atoms with E-state index >= 15 is 0 Å². The Morgan fingerprint density at radius 3 is 2.38 bits per heavy atom. The van der Waals surface area contributed by atoms with Crippen molar-refractivity contribution in [2.45, 2.75) is 51.1 Å². The highest BCUT2D eigenvalue weighted by Crippen LogP contribution is 2.42. The first kappa shape index (κ1) is 32.4. The Balaban J connectivity index is 1.23. The van der Waals surface area contributed by atoms with Crippen LogP contribution in [0.2, 0.25) is 0 Å². The highest BCUT2D eigenvalue weighted by atomic mass is 16.7. The maximum atomic E-state index is 13.2. The number of amides is 1. The molecule has 1 fully saturated rings. The normalized spacial score (nSPS) is 21.0. The number of aromatic nitrogens is 2. The summed E-state index contributed by atoms with van der Waals surface area (Å²) in [5.74, 6) is -0.407. The van der Waals surface area contributed by atoms with Gasteiger partial charge in [0, 0.05) is 29.8 Å². The molecule has 6 atom stereocenters. The molecule has 0 unspecified atom stereocenters. The monoisotopic (exact) mass is 632 g/mol. The van der Waals surface area contributed by atoms with E-state index in [-0.39, 0.29) is 42.4 Å². The van der Waals surface area contributed by atoms with E-state index < -0.39 is 12.4 Å². The smallest absolute Gasteiger partial charge is 0.275 e. The average Bonchev–Trinajstić information content (AvgIpc) is 3.12. The van der Waals surface area contributed by atoms with Crippen LogP contribution in [0.5, 0.6) is 0 Å². The van der Waals surface area contributed by atoms with Crippen molar-refractivity contribution >= 4 is 22.6 Å². The zero-order valence-corrected chi connectivity index (χ0v) is 26.7. The molecule has 2 heterocycles. The van der Waals surface area contributed by atoms with Gasteiger partial charge in [-0.2, -0.15) is 0 Å². The minimum absolute atomic E-state index is 0.0363. The molecule has 1 amide bonds. The number of nitrogens with zero attached hydrogens (tertiary/aromatic N) is 3. The molecule has 0 aliphatic carbocycles. The summed E-state index contributed by atoms with van der Waals surface area (Å²) in [5, 5.41) is 23.7. The number of aliphatic hydroxyl groups is 2. The van der Waals surface area contributed by atoms with Crippen LogP contribution in [0.25, 0.3) is 11.0 Å². The summed E-state index contributed by atoms with van der Waals surface area (Å²) in [6.07, 6.45) is -0.474. The predicted octanol–water partition coefficient (Wildman–Crippen LogP) is 6.22. The molecule has 3 N–H and O–H groups in total. The Labute approximate surface area is 274 Å². The minimum atomic E-state index is -0.723. The van der Waals surface area contributed by atoms with Gasteiger partial charge in [-0.25, -0.2) is 4.98 Å². The lowest BCUT2D eigenvalue weighted by atomic mass is 9.89. The highest BCUT2D eigenvalue weighted by molar-refractivity contribution is 6.03. The molecule has 0 saturated carbocycles.